The zero-order chi connectivity index (χ0) is 21.4. The van der Waals surface area contributed by atoms with Crippen molar-refractivity contribution in [3.8, 4) is 0 Å². The SMILES string of the molecule is O=c1c2ccccc2n2c(SCc3ccc(F)cc3)nnc2n1Cc1ccc(F)cc1. The van der Waals surface area contributed by atoms with E-state index >= 15 is 0 Å². The molecular formula is C23H16F2N4OS. The molecule has 0 unspecified atom stereocenters. The Morgan fingerprint density at radius 1 is 0.806 bits per heavy atom. The van der Waals surface area contributed by atoms with Crippen molar-refractivity contribution in [2.45, 2.75) is 17.5 Å². The summed E-state index contributed by atoms with van der Waals surface area (Å²) < 4.78 is 29.9. The molecule has 5 rings (SSSR count). The van der Waals surface area contributed by atoms with Gasteiger partial charge in [-0.1, -0.05) is 48.2 Å². The minimum Gasteiger partial charge on any atom is -0.272 e. The van der Waals surface area contributed by atoms with Crippen molar-refractivity contribution < 1.29 is 8.78 Å². The van der Waals surface area contributed by atoms with E-state index in [-0.39, 0.29) is 23.7 Å². The van der Waals surface area contributed by atoms with Crippen LogP contribution < -0.4 is 5.56 Å². The van der Waals surface area contributed by atoms with E-state index in [1.165, 1.54) is 36.0 Å². The summed E-state index contributed by atoms with van der Waals surface area (Å²) in [5.74, 6) is 0.376. The van der Waals surface area contributed by atoms with Gasteiger partial charge in [0.25, 0.3) is 5.56 Å². The Bertz CT molecular complexity index is 1440. The molecule has 2 aromatic heterocycles. The van der Waals surface area contributed by atoms with Gasteiger partial charge in [-0.15, -0.1) is 10.2 Å². The van der Waals surface area contributed by atoms with E-state index in [1.807, 2.05) is 22.6 Å². The predicted molar refractivity (Wildman–Crippen MR) is 116 cm³/mol. The average molecular weight is 434 g/mol. The van der Waals surface area contributed by atoms with Crippen molar-refractivity contribution in [3.05, 3.63) is 106 Å². The minimum absolute atomic E-state index is 0.185. The van der Waals surface area contributed by atoms with Crippen molar-refractivity contribution in [2.75, 3.05) is 0 Å². The molecule has 0 saturated heterocycles. The van der Waals surface area contributed by atoms with Crippen molar-refractivity contribution in [2.24, 2.45) is 0 Å². The molecule has 0 aliphatic carbocycles. The van der Waals surface area contributed by atoms with Crippen LogP contribution in [0.2, 0.25) is 0 Å². The maximum Gasteiger partial charge on any atom is 0.263 e. The monoisotopic (exact) mass is 434 g/mol. The van der Waals surface area contributed by atoms with Crippen LogP contribution in [-0.4, -0.2) is 19.2 Å². The van der Waals surface area contributed by atoms with Gasteiger partial charge in [-0.2, -0.15) is 0 Å². The van der Waals surface area contributed by atoms with Crippen molar-refractivity contribution in [1.82, 2.24) is 19.2 Å². The summed E-state index contributed by atoms with van der Waals surface area (Å²) in [7, 11) is 0. The number of thioether (sulfide) groups is 1. The molecule has 8 heteroatoms. The topological polar surface area (TPSA) is 52.2 Å². The zero-order valence-corrected chi connectivity index (χ0v) is 17.0. The van der Waals surface area contributed by atoms with Gasteiger partial charge in [0.2, 0.25) is 5.78 Å². The van der Waals surface area contributed by atoms with Gasteiger partial charge in [0.05, 0.1) is 17.4 Å². The van der Waals surface area contributed by atoms with Crippen LogP contribution in [0, 0.1) is 11.6 Å². The lowest BCUT2D eigenvalue weighted by Gasteiger charge is -2.11. The van der Waals surface area contributed by atoms with E-state index in [9.17, 15) is 13.6 Å². The molecule has 0 spiro atoms. The summed E-state index contributed by atoms with van der Waals surface area (Å²) in [5, 5.41) is 9.78. The van der Waals surface area contributed by atoms with Gasteiger partial charge in [0, 0.05) is 5.75 Å². The van der Waals surface area contributed by atoms with Gasteiger partial charge >= 0.3 is 0 Å². The minimum atomic E-state index is -0.332. The first-order valence-corrected chi connectivity index (χ1v) is 10.6. The Hall–Kier alpha value is -3.52. The second-order valence-corrected chi connectivity index (χ2v) is 8.01. The molecule has 5 aromatic rings. The number of benzene rings is 3. The predicted octanol–water partition coefficient (Wildman–Crippen LogP) is 4.66. The van der Waals surface area contributed by atoms with Gasteiger partial charge in [-0.05, 0) is 47.5 Å². The summed E-state index contributed by atoms with van der Waals surface area (Å²) in [5.41, 5.74) is 2.26. The van der Waals surface area contributed by atoms with Gasteiger partial charge in [-0.3, -0.25) is 13.8 Å². The van der Waals surface area contributed by atoms with Crippen LogP contribution in [-0.2, 0) is 12.3 Å². The highest BCUT2D eigenvalue weighted by atomic mass is 32.2. The Kier molecular flexibility index (Phi) is 4.99. The molecule has 5 nitrogen and oxygen atoms in total. The number of aromatic nitrogens is 4. The third-order valence-corrected chi connectivity index (χ3v) is 6.01. The van der Waals surface area contributed by atoms with Crippen LogP contribution in [0.5, 0.6) is 0 Å². The van der Waals surface area contributed by atoms with Crippen molar-refractivity contribution in [1.29, 1.82) is 0 Å². The quantitative estimate of drug-likeness (QED) is 0.378. The van der Waals surface area contributed by atoms with E-state index < -0.39 is 0 Å². The van der Waals surface area contributed by atoms with E-state index in [1.54, 1.807) is 34.9 Å². The maximum atomic E-state index is 13.3. The standard InChI is InChI=1S/C23H16F2N4OS/c24-17-9-5-15(6-10-17)13-28-21(30)19-3-1-2-4-20(19)29-22(28)26-27-23(29)31-14-16-7-11-18(25)12-8-16/h1-12H,13-14H2. The molecular weight excluding hydrogens is 418 g/mol. The molecule has 0 fully saturated rings. The van der Waals surface area contributed by atoms with E-state index in [2.05, 4.69) is 10.2 Å². The van der Waals surface area contributed by atoms with Gasteiger partial charge in [0.1, 0.15) is 11.6 Å². The first-order valence-electron chi connectivity index (χ1n) is 9.58. The van der Waals surface area contributed by atoms with Gasteiger partial charge in [0.15, 0.2) is 5.16 Å². The van der Waals surface area contributed by atoms with Crippen LogP contribution >= 0.6 is 11.8 Å². The Morgan fingerprint density at radius 3 is 2.16 bits per heavy atom. The van der Waals surface area contributed by atoms with E-state index in [4.69, 9.17) is 0 Å². The molecule has 154 valence electrons. The number of hydrogen-bond donors (Lipinski definition) is 0. The molecule has 31 heavy (non-hydrogen) atoms. The van der Waals surface area contributed by atoms with Gasteiger partial charge in [-0.25, -0.2) is 8.78 Å². The first-order chi connectivity index (χ1) is 15.1. The lowest BCUT2D eigenvalue weighted by Crippen LogP contribution is -2.24. The van der Waals surface area contributed by atoms with Crippen LogP contribution in [0.4, 0.5) is 8.78 Å². The molecule has 0 aliphatic heterocycles. The second-order valence-electron chi connectivity index (χ2n) is 7.07. The molecule has 0 saturated carbocycles. The smallest absolute Gasteiger partial charge is 0.263 e. The third-order valence-electron chi connectivity index (χ3n) is 5.01. The third kappa shape index (κ3) is 3.70. The molecule has 0 aliphatic rings. The fraction of sp³-hybridized carbons (Fsp3) is 0.0870. The summed E-state index contributed by atoms with van der Waals surface area (Å²) in [6, 6.07) is 19.6. The molecule has 3 aromatic carbocycles. The van der Waals surface area contributed by atoms with Crippen LogP contribution in [0.3, 0.4) is 0 Å². The highest BCUT2D eigenvalue weighted by molar-refractivity contribution is 7.98. The summed E-state index contributed by atoms with van der Waals surface area (Å²) in [6.45, 7) is 0.244. The Morgan fingerprint density at radius 2 is 1.45 bits per heavy atom. The largest absolute Gasteiger partial charge is 0.272 e. The van der Waals surface area contributed by atoms with E-state index in [0.717, 1.165) is 11.1 Å². The highest BCUT2D eigenvalue weighted by Crippen LogP contribution is 2.25. The number of rotatable bonds is 5. The zero-order valence-electron chi connectivity index (χ0n) is 16.2. The van der Waals surface area contributed by atoms with Crippen LogP contribution in [0.25, 0.3) is 16.7 Å². The summed E-state index contributed by atoms with van der Waals surface area (Å²) in [4.78, 5) is 13.2. The van der Waals surface area contributed by atoms with Crippen LogP contribution in [0.1, 0.15) is 11.1 Å². The van der Waals surface area contributed by atoms with Crippen LogP contribution in [0.15, 0.2) is 82.7 Å². The molecule has 0 radical (unpaired) electrons. The first kappa shape index (κ1) is 19.4. The Balaban J connectivity index is 1.61. The second kappa shape index (κ2) is 7.96. The lowest BCUT2D eigenvalue weighted by atomic mass is 10.2. The Labute approximate surface area is 180 Å². The normalized spacial score (nSPS) is 11.4. The number of nitrogens with zero attached hydrogens (tertiary/aromatic N) is 4. The lowest BCUT2D eigenvalue weighted by molar-refractivity contribution is 0.626. The van der Waals surface area contributed by atoms with Crippen molar-refractivity contribution >= 4 is 28.4 Å². The number of hydrogen-bond acceptors (Lipinski definition) is 4. The fourth-order valence-electron chi connectivity index (χ4n) is 3.47. The number of para-hydroxylation sites is 1. The molecule has 2 heterocycles. The highest BCUT2D eigenvalue weighted by Gasteiger charge is 2.17. The number of halogens is 2. The van der Waals surface area contributed by atoms with Gasteiger partial charge < -0.3 is 0 Å². The van der Waals surface area contributed by atoms with Crippen molar-refractivity contribution in [3.63, 3.8) is 0 Å². The molecule has 0 bridgehead atoms. The number of fused-ring (bicyclic) bond motifs is 3. The summed E-state index contributed by atoms with van der Waals surface area (Å²) in [6.07, 6.45) is 0. The summed E-state index contributed by atoms with van der Waals surface area (Å²) >= 11 is 1.46. The molecule has 0 amide bonds. The van der Waals surface area contributed by atoms with E-state index in [0.29, 0.717) is 27.6 Å². The molecule has 0 N–H and O–H groups in total. The molecule has 0 atom stereocenters. The fourth-order valence-corrected chi connectivity index (χ4v) is 4.37. The maximum absolute atomic E-state index is 13.3. The average Bonchev–Trinajstić information content (AvgIpc) is 3.21.